The van der Waals surface area contributed by atoms with Crippen LogP contribution < -0.4 is 44.6 Å². The maximum Gasteiger partial charge on any atom is 0.326 e. The quantitative estimate of drug-likeness (QED) is 0.0425. The maximum absolute atomic E-state index is 13.3. The molecule has 0 aliphatic carbocycles. The minimum atomic E-state index is -1.16. The monoisotopic (exact) mass is 574 g/mol. The van der Waals surface area contributed by atoms with Crippen LogP contribution in [0.3, 0.4) is 0 Å². The highest BCUT2D eigenvalue weighted by atomic mass is 32.2. The summed E-state index contributed by atoms with van der Waals surface area (Å²) in [5, 5.41) is 17.3. The van der Waals surface area contributed by atoms with E-state index in [0.29, 0.717) is 31.6 Å². The lowest BCUT2D eigenvalue weighted by Gasteiger charge is -2.28. The van der Waals surface area contributed by atoms with E-state index in [9.17, 15) is 24.3 Å². The van der Waals surface area contributed by atoms with Crippen molar-refractivity contribution in [2.45, 2.75) is 76.5 Å². The Balaban J connectivity index is 5.59. The molecule has 0 aromatic rings. The minimum absolute atomic E-state index is 0.0654. The Bertz CT molecular complexity index is 849. The van der Waals surface area contributed by atoms with Gasteiger partial charge >= 0.3 is 5.97 Å². The zero-order valence-electron chi connectivity index (χ0n) is 23.0. The third-order valence-electron chi connectivity index (χ3n) is 5.90. The smallest absolute Gasteiger partial charge is 0.326 e. The van der Waals surface area contributed by atoms with Gasteiger partial charge in [-0.2, -0.15) is 11.8 Å². The van der Waals surface area contributed by atoms with Gasteiger partial charge in [0.1, 0.15) is 18.1 Å². The standard InChI is InChI=1S/C23H46N10O5S/c1-4-13(2)17(20(36)32-16(21(37)38)9-12-39-3)33-19(35)15(8-6-11-30-23(27)28)31-18(34)14(24)7-5-10-29-22(25)26/h13-17H,4-12,24H2,1-3H3,(H,31,34)(H,32,36)(H,33,35)(H,37,38)(H4,25,26,29)(H4,27,28,30). The molecule has 15 nitrogen and oxygen atoms in total. The number of hydrogen-bond donors (Lipinski definition) is 9. The molecule has 224 valence electrons. The molecule has 0 saturated carbocycles. The molecule has 0 aromatic heterocycles. The summed E-state index contributed by atoms with van der Waals surface area (Å²) >= 11 is 1.46. The first-order valence-electron chi connectivity index (χ1n) is 12.8. The van der Waals surface area contributed by atoms with Crippen molar-refractivity contribution in [3.8, 4) is 0 Å². The van der Waals surface area contributed by atoms with Crippen LogP contribution in [0.4, 0.5) is 0 Å². The van der Waals surface area contributed by atoms with Gasteiger partial charge < -0.3 is 49.7 Å². The van der Waals surface area contributed by atoms with Gasteiger partial charge in [0.05, 0.1) is 6.04 Å². The number of carbonyl (C=O) groups is 4. The van der Waals surface area contributed by atoms with Crippen molar-refractivity contribution in [2.75, 3.05) is 25.1 Å². The molecule has 0 spiro atoms. The lowest BCUT2D eigenvalue weighted by Crippen LogP contribution is -2.58. The average molecular weight is 575 g/mol. The van der Waals surface area contributed by atoms with Crippen molar-refractivity contribution in [1.82, 2.24) is 16.0 Å². The number of nitrogens with zero attached hydrogens (tertiary/aromatic N) is 2. The van der Waals surface area contributed by atoms with E-state index in [1.165, 1.54) is 11.8 Å². The number of amides is 3. The molecule has 39 heavy (non-hydrogen) atoms. The second-order valence-corrected chi connectivity index (χ2v) is 10.1. The molecule has 0 rings (SSSR count). The summed E-state index contributed by atoms with van der Waals surface area (Å²) in [5.41, 5.74) is 27.3. The molecule has 14 N–H and O–H groups in total. The highest BCUT2D eigenvalue weighted by molar-refractivity contribution is 7.98. The van der Waals surface area contributed by atoms with Crippen LogP contribution in [0.25, 0.3) is 0 Å². The van der Waals surface area contributed by atoms with Gasteiger partial charge in [-0.3, -0.25) is 24.4 Å². The molecule has 0 bridgehead atoms. The molecule has 0 aromatic carbocycles. The summed E-state index contributed by atoms with van der Waals surface area (Å²) in [7, 11) is 0. The molecular weight excluding hydrogens is 528 g/mol. The predicted octanol–water partition coefficient (Wildman–Crippen LogP) is -2.24. The molecule has 5 atom stereocenters. The van der Waals surface area contributed by atoms with Crippen LogP contribution in [0.1, 0.15) is 52.4 Å². The number of aliphatic imine (C=N–C) groups is 2. The molecule has 0 radical (unpaired) electrons. The first-order chi connectivity index (χ1) is 18.3. The fourth-order valence-corrected chi connectivity index (χ4v) is 3.88. The summed E-state index contributed by atoms with van der Waals surface area (Å²) in [6.45, 7) is 4.12. The number of carboxylic acids is 1. The van der Waals surface area contributed by atoms with Gasteiger partial charge in [-0.1, -0.05) is 20.3 Å². The fourth-order valence-electron chi connectivity index (χ4n) is 3.41. The van der Waals surface area contributed by atoms with Crippen molar-refractivity contribution < 1.29 is 24.3 Å². The van der Waals surface area contributed by atoms with Crippen molar-refractivity contribution in [2.24, 2.45) is 44.6 Å². The third kappa shape index (κ3) is 15.7. The van der Waals surface area contributed by atoms with Crippen LogP contribution >= 0.6 is 11.8 Å². The van der Waals surface area contributed by atoms with Crippen molar-refractivity contribution in [3.05, 3.63) is 0 Å². The van der Waals surface area contributed by atoms with Crippen LogP contribution in [-0.4, -0.2) is 90.0 Å². The Kier molecular flexibility index (Phi) is 18.1. The van der Waals surface area contributed by atoms with Gasteiger partial charge in [-0.25, -0.2) is 4.79 Å². The molecular formula is C23H46N10O5S. The number of rotatable bonds is 20. The topological polar surface area (TPSA) is 279 Å². The molecule has 0 fully saturated rings. The van der Waals surface area contributed by atoms with Crippen LogP contribution in [0, 0.1) is 5.92 Å². The molecule has 0 saturated heterocycles. The van der Waals surface area contributed by atoms with E-state index in [1.807, 2.05) is 13.2 Å². The van der Waals surface area contributed by atoms with Gasteiger partial charge in [-0.15, -0.1) is 0 Å². The number of guanidine groups is 2. The van der Waals surface area contributed by atoms with E-state index < -0.39 is 47.9 Å². The number of nitrogens with one attached hydrogen (secondary N) is 3. The number of nitrogens with two attached hydrogens (primary N) is 5. The summed E-state index contributed by atoms with van der Waals surface area (Å²) in [6, 6.07) is -4.08. The summed E-state index contributed by atoms with van der Waals surface area (Å²) < 4.78 is 0. The van der Waals surface area contributed by atoms with E-state index in [-0.39, 0.29) is 43.6 Å². The summed E-state index contributed by atoms with van der Waals surface area (Å²) in [6.07, 6.45) is 3.83. The van der Waals surface area contributed by atoms with E-state index in [2.05, 4.69) is 25.9 Å². The highest BCUT2D eigenvalue weighted by Gasteiger charge is 2.32. The second-order valence-electron chi connectivity index (χ2n) is 9.12. The van der Waals surface area contributed by atoms with E-state index >= 15 is 0 Å². The largest absolute Gasteiger partial charge is 0.480 e. The van der Waals surface area contributed by atoms with Gasteiger partial charge in [0.15, 0.2) is 11.9 Å². The molecule has 5 unspecified atom stereocenters. The highest BCUT2D eigenvalue weighted by Crippen LogP contribution is 2.11. The summed E-state index contributed by atoms with van der Waals surface area (Å²) in [4.78, 5) is 58.5. The van der Waals surface area contributed by atoms with E-state index in [0.717, 1.165) is 0 Å². The molecule has 16 heteroatoms. The SMILES string of the molecule is CCC(C)C(NC(=O)C(CCCN=C(N)N)NC(=O)C(N)CCCN=C(N)N)C(=O)NC(CCSC)C(=O)O. The van der Waals surface area contributed by atoms with Crippen LogP contribution in [0.5, 0.6) is 0 Å². The normalized spacial score (nSPS) is 14.6. The number of carboxylic acid groups (broad SMARTS) is 1. The van der Waals surface area contributed by atoms with Crippen LogP contribution in [0.15, 0.2) is 9.98 Å². The summed E-state index contributed by atoms with van der Waals surface area (Å²) in [5.74, 6) is -2.91. The first kappa shape index (κ1) is 35.7. The molecule has 0 aliphatic rings. The minimum Gasteiger partial charge on any atom is -0.480 e. The van der Waals surface area contributed by atoms with Gasteiger partial charge in [0, 0.05) is 13.1 Å². The Hall–Kier alpha value is -3.27. The number of hydrogen-bond acceptors (Lipinski definition) is 8. The van der Waals surface area contributed by atoms with Gasteiger partial charge in [0.2, 0.25) is 17.7 Å². The number of thioether (sulfide) groups is 1. The van der Waals surface area contributed by atoms with E-state index in [1.54, 1.807) is 6.92 Å². The van der Waals surface area contributed by atoms with Gasteiger partial charge in [-0.05, 0) is 50.0 Å². The Morgan fingerprint density at radius 3 is 1.85 bits per heavy atom. The Morgan fingerprint density at radius 2 is 1.36 bits per heavy atom. The zero-order valence-corrected chi connectivity index (χ0v) is 23.8. The third-order valence-corrected chi connectivity index (χ3v) is 6.55. The first-order valence-corrected chi connectivity index (χ1v) is 14.2. The second kappa shape index (κ2) is 19.7. The van der Waals surface area contributed by atoms with Crippen molar-refractivity contribution >= 4 is 47.4 Å². The predicted molar refractivity (Wildman–Crippen MR) is 154 cm³/mol. The zero-order chi connectivity index (χ0) is 30.0. The lowest BCUT2D eigenvalue weighted by atomic mass is 9.97. The van der Waals surface area contributed by atoms with E-state index in [4.69, 9.17) is 28.7 Å². The number of carbonyl (C=O) groups excluding carboxylic acids is 3. The fraction of sp³-hybridized carbons (Fsp3) is 0.739. The van der Waals surface area contributed by atoms with Crippen LogP contribution in [-0.2, 0) is 19.2 Å². The van der Waals surface area contributed by atoms with Crippen molar-refractivity contribution in [1.29, 1.82) is 0 Å². The maximum atomic E-state index is 13.3. The Labute approximate surface area is 233 Å². The van der Waals surface area contributed by atoms with Crippen LogP contribution in [0.2, 0.25) is 0 Å². The average Bonchev–Trinajstić information content (AvgIpc) is 2.87. The lowest BCUT2D eigenvalue weighted by molar-refractivity contribution is -0.142. The molecule has 0 aliphatic heterocycles. The molecule has 3 amide bonds. The number of aliphatic carboxylic acids is 1. The molecule has 0 heterocycles. The van der Waals surface area contributed by atoms with Gasteiger partial charge in [0.25, 0.3) is 0 Å². The Morgan fingerprint density at radius 1 is 0.821 bits per heavy atom. The van der Waals surface area contributed by atoms with Crippen molar-refractivity contribution in [3.63, 3.8) is 0 Å².